The third-order valence-electron chi connectivity index (χ3n) is 7.16. The Kier molecular flexibility index (Phi) is 3.12. The maximum atomic E-state index is 13.3. The summed E-state index contributed by atoms with van der Waals surface area (Å²) in [5.74, 6) is 1.14. The van der Waals surface area contributed by atoms with E-state index in [1.54, 1.807) is 4.68 Å². The minimum absolute atomic E-state index is 0.0690. The van der Waals surface area contributed by atoms with Crippen molar-refractivity contribution in [1.82, 2.24) is 35.3 Å². The van der Waals surface area contributed by atoms with Crippen molar-refractivity contribution in [3.63, 3.8) is 0 Å². The monoisotopic (exact) mass is 377 g/mol. The molecule has 4 saturated carbocycles. The number of tetrazole rings is 1. The van der Waals surface area contributed by atoms with Crippen LogP contribution in [0, 0.1) is 11.8 Å². The third-order valence-corrected chi connectivity index (χ3v) is 7.16. The highest BCUT2D eigenvalue weighted by Gasteiger charge is 2.60. The molecule has 28 heavy (non-hydrogen) atoms. The largest absolute Gasteiger partial charge is 0.345 e. The smallest absolute Gasteiger partial charge is 0.272 e. The summed E-state index contributed by atoms with van der Waals surface area (Å²) in [6.45, 7) is 0. The second-order valence-electron chi connectivity index (χ2n) is 9.13. The van der Waals surface area contributed by atoms with E-state index < -0.39 is 0 Å². The molecule has 8 heteroatoms. The van der Waals surface area contributed by atoms with Gasteiger partial charge in [0.05, 0.1) is 11.1 Å². The van der Waals surface area contributed by atoms with E-state index in [9.17, 15) is 4.79 Å². The van der Waals surface area contributed by atoms with Crippen molar-refractivity contribution in [2.75, 3.05) is 0 Å². The number of nitrogens with one attached hydrogen (secondary N) is 1. The van der Waals surface area contributed by atoms with Crippen LogP contribution in [-0.2, 0) is 12.6 Å². The van der Waals surface area contributed by atoms with E-state index in [0.717, 1.165) is 43.0 Å². The molecule has 4 aliphatic rings. The molecule has 1 N–H and O–H groups in total. The average molecular weight is 377 g/mol. The van der Waals surface area contributed by atoms with Crippen LogP contribution in [0.15, 0.2) is 30.6 Å². The van der Waals surface area contributed by atoms with E-state index in [1.165, 1.54) is 12.7 Å². The fourth-order valence-corrected chi connectivity index (χ4v) is 6.66. The highest BCUT2D eigenvalue weighted by molar-refractivity contribution is 6.05. The first kappa shape index (κ1) is 16.2. The number of fused-ring (bicyclic) bond motifs is 1. The summed E-state index contributed by atoms with van der Waals surface area (Å²) in [4.78, 5) is 15.1. The first-order valence-corrected chi connectivity index (χ1v) is 10.0. The van der Waals surface area contributed by atoms with Crippen LogP contribution >= 0.6 is 0 Å². The molecule has 3 aromatic rings. The minimum Gasteiger partial charge on any atom is -0.345 e. The van der Waals surface area contributed by atoms with Crippen LogP contribution in [0.5, 0.6) is 0 Å². The Morgan fingerprint density at radius 1 is 1.18 bits per heavy atom. The maximum absolute atomic E-state index is 13.3. The Morgan fingerprint density at radius 3 is 2.71 bits per heavy atom. The Hall–Kier alpha value is -2.77. The lowest BCUT2D eigenvalue weighted by Gasteiger charge is -2.61. The van der Waals surface area contributed by atoms with Gasteiger partial charge in [-0.1, -0.05) is 18.2 Å². The summed E-state index contributed by atoms with van der Waals surface area (Å²) < 4.78 is 1.78. The number of nitrogens with zero attached hydrogens (tertiary/aromatic N) is 6. The van der Waals surface area contributed by atoms with E-state index in [2.05, 4.69) is 25.8 Å². The highest BCUT2D eigenvalue weighted by Crippen LogP contribution is 2.60. The van der Waals surface area contributed by atoms with Crippen molar-refractivity contribution >= 4 is 16.8 Å². The lowest BCUT2D eigenvalue weighted by molar-refractivity contribution is -0.0810. The lowest BCUT2D eigenvalue weighted by Crippen LogP contribution is -2.66. The van der Waals surface area contributed by atoms with E-state index in [0.29, 0.717) is 17.5 Å². The fourth-order valence-electron chi connectivity index (χ4n) is 6.66. The Balaban J connectivity index is 1.36. The summed E-state index contributed by atoms with van der Waals surface area (Å²) in [5.41, 5.74) is 1.18. The number of benzene rings is 1. The van der Waals surface area contributed by atoms with Crippen LogP contribution in [0.1, 0.15) is 49.0 Å². The predicted octanol–water partition coefficient (Wildman–Crippen LogP) is 2.04. The van der Waals surface area contributed by atoms with Gasteiger partial charge in [0.1, 0.15) is 0 Å². The Labute approximate surface area is 162 Å². The highest BCUT2D eigenvalue weighted by atomic mass is 16.2. The zero-order valence-electron chi connectivity index (χ0n) is 15.9. The molecule has 2 heterocycles. The molecule has 2 unspecified atom stereocenters. The molecule has 0 radical (unpaired) electrons. The number of carbonyl (C=O) groups is 1. The zero-order chi connectivity index (χ0) is 18.9. The number of hydrogen-bond acceptors (Lipinski definition) is 5. The number of aromatic nitrogens is 6. The molecular formula is C20H23N7O. The van der Waals surface area contributed by atoms with Gasteiger partial charge in [0, 0.05) is 18.0 Å². The number of para-hydroxylation sites is 1. The summed E-state index contributed by atoms with van der Waals surface area (Å²) >= 11 is 0. The summed E-state index contributed by atoms with van der Waals surface area (Å²) in [6.07, 6.45) is 7.89. The van der Waals surface area contributed by atoms with Crippen molar-refractivity contribution in [3.05, 3.63) is 36.3 Å². The van der Waals surface area contributed by atoms with Crippen molar-refractivity contribution in [1.29, 1.82) is 0 Å². The standard InChI is InChI=1S/C20H23N7O/c1-26-16-5-3-2-4-15(16)17(24-26)18(28)23-19-7-13-6-14(8-19)10-20(9-13,11-19)27-22-12-21-25-27/h2-5,12-14H,6-11H2,1H3,(H,23,28). The second-order valence-corrected chi connectivity index (χ2v) is 9.13. The van der Waals surface area contributed by atoms with Crippen LogP contribution in [-0.4, -0.2) is 41.4 Å². The molecular weight excluding hydrogens is 354 g/mol. The topological polar surface area (TPSA) is 90.5 Å². The first-order chi connectivity index (χ1) is 13.6. The van der Waals surface area contributed by atoms with Gasteiger partial charge >= 0.3 is 0 Å². The van der Waals surface area contributed by atoms with Gasteiger partial charge in [-0.15, -0.1) is 10.2 Å². The normalized spacial score (nSPS) is 33.5. The number of amides is 1. The summed E-state index contributed by atoms with van der Waals surface area (Å²) in [5, 5.41) is 21.4. The van der Waals surface area contributed by atoms with Gasteiger partial charge in [-0.2, -0.15) is 9.90 Å². The predicted molar refractivity (Wildman–Crippen MR) is 101 cm³/mol. The van der Waals surface area contributed by atoms with Crippen LogP contribution in [0.4, 0.5) is 0 Å². The zero-order valence-corrected chi connectivity index (χ0v) is 15.9. The van der Waals surface area contributed by atoms with E-state index >= 15 is 0 Å². The van der Waals surface area contributed by atoms with Crippen molar-refractivity contribution in [2.24, 2.45) is 18.9 Å². The van der Waals surface area contributed by atoms with Gasteiger partial charge in [0.15, 0.2) is 12.0 Å². The van der Waals surface area contributed by atoms with Gasteiger partial charge in [0.25, 0.3) is 5.91 Å². The molecule has 0 aliphatic heterocycles. The lowest BCUT2D eigenvalue weighted by atomic mass is 9.50. The molecule has 2 atom stereocenters. The SMILES string of the molecule is Cn1nc(C(=O)NC23CC4CC(C2)CC(n2ncnn2)(C4)C3)c2ccccc21. The quantitative estimate of drug-likeness (QED) is 0.754. The molecule has 4 bridgehead atoms. The van der Waals surface area contributed by atoms with Gasteiger partial charge in [-0.25, -0.2) is 0 Å². The number of aryl methyl sites for hydroxylation is 1. The summed E-state index contributed by atoms with van der Waals surface area (Å²) in [7, 11) is 1.88. The van der Waals surface area contributed by atoms with Crippen molar-refractivity contribution in [3.8, 4) is 0 Å². The Bertz CT molecular complexity index is 1060. The molecule has 7 rings (SSSR count). The molecule has 8 nitrogen and oxygen atoms in total. The molecule has 0 spiro atoms. The maximum Gasteiger partial charge on any atom is 0.272 e. The van der Waals surface area contributed by atoms with Gasteiger partial charge in [-0.05, 0) is 61.6 Å². The number of rotatable bonds is 3. The summed E-state index contributed by atoms with van der Waals surface area (Å²) in [6, 6.07) is 7.89. The van der Waals surface area contributed by atoms with E-state index in [4.69, 9.17) is 0 Å². The van der Waals surface area contributed by atoms with Gasteiger partial charge in [-0.3, -0.25) is 9.48 Å². The van der Waals surface area contributed by atoms with Crippen LogP contribution in [0.25, 0.3) is 10.9 Å². The third kappa shape index (κ3) is 2.20. The molecule has 0 saturated heterocycles. The number of carbonyl (C=O) groups excluding carboxylic acids is 1. The first-order valence-electron chi connectivity index (χ1n) is 10.0. The van der Waals surface area contributed by atoms with Crippen LogP contribution in [0.3, 0.4) is 0 Å². The van der Waals surface area contributed by atoms with Gasteiger partial charge in [0.2, 0.25) is 0 Å². The molecule has 4 fully saturated rings. The fraction of sp³-hybridized carbons (Fsp3) is 0.550. The molecule has 144 valence electrons. The minimum atomic E-state index is -0.201. The molecule has 4 aliphatic carbocycles. The average Bonchev–Trinajstić information content (AvgIpc) is 3.30. The van der Waals surface area contributed by atoms with E-state index in [1.807, 2.05) is 36.1 Å². The molecule has 2 aromatic heterocycles. The van der Waals surface area contributed by atoms with Crippen LogP contribution < -0.4 is 5.32 Å². The molecule has 1 amide bonds. The number of hydrogen-bond donors (Lipinski definition) is 1. The van der Waals surface area contributed by atoms with Gasteiger partial charge < -0.3 is 5.32 Å². The molecule has 1 aromatic carbocycles. The van der Waals surface area contributed by atoms with Crippen molar-refractivity contribution in [2.45, 2.75) is 49.6 Å². The van der Waals surface area contributed by atoms with Crippen LogP contribution in [0.2, 0.25) is 0 Å². The van der Waals surface area contributed by atoms with E-state index in [-0.39, 0.29) is 17.0 Å². The Morgan fingerprint density at radius 2 is 1.96 bits per heavy atom. The van der Waals surface area contributed by atoms with Crippen molar-refractivity contribution < 1.29 is 4.79 Å². The second kappa shape index (κ2) is 5.40.